The average Bonchev–Trinajstić information content (AvgIpc) is 3.66. The van der Waals surface area contributed by atoms with E-state index in [1.807, 2.05) is 0 Å². The van der Waals surface area contributed by atoms with E-state index in [1.54, 1.807) is 30.6 Å². The molecule has 10 nitrogen and oxygen atoms in total. The molecule has 186 valence electrons. The predicted molar refractivity (Wildman–Crippen MR) is 128 cm³/mol. The van der Waals surface area contributed by atoms with Crippen molar-refractivity contribution < 1.29 is 19.0 Å². The molecule has 1 aliphatic carbocycles. The Morgan fingerprint density at radius 1 is 1.00 bits per heavy atom. The van der Waals surface area contributed by atoms with Crippen molar-refractivity contribution in [3.05, 3.63) is 30.6 Å². The Morgan fingerprint density at radius 3 is 2.64 bits per heavy atom. The molecule has 0 radical (unpaired) electrons. The Kier molecular flexibility index (Phi) is 5.12. The number of fused-ring (bicyclic) bond motifs is 3. The Hall–Kier alpha value is -3.60. The summed E-state index contributed by atoms with van der Waals surface area (Å²) in [5.74, 6) is 1.59. The van der Waals surface area contributed by atoms with Crippen LogP contribution in [0, 0.1) is 0 Å². The minimum absolute atomic E-state index is 0.00320. The molecule has 3 aliphatic heterocycles. The zero-order chi connectivity index (χ0) is 24.2. The maximum absolute atomic E-state index is 15.3. The van der Waals surface area contributed by atoms with Gasteiger partial charge >= 0.3 is 0 Å². The molecule has 2 N–H and O–H groups in total. The summed E-state index contributed by atoms with van der Waals surface area (Å²) in [7, 11) is 0. The fourth-order valence-corrected chi connectivity index (χ4v) is 5.59. The third kappa shape index (κ3) is 3.78. The monoisotopic (exact) mass is 491 g/mol. The first-order valence-electron chi connectivity index (χ1n) is 12.5. The second-order valence-corrected chi connectivity index (χ2v) is 9.87. The van der Waals surface area contributed by atoms with Crippen LogP contribution in [0.25, 0.3) is 22.6 Å². The number of hydrogen-bond acceptors (Lipinski definition) is 10. The molecule has 0 amide bonds. The molecule has 4 aliphatic rings. The van der Waals surface area contributed by atoms with Gasteiger partial charge in [-0.2, -0.15) is 0 Å². The molecule has 1 aromatic carbocycles. The Morgan fingerprint density at radius 2 is 1.86 bits per heavy atom. The van der Waals surface area contributed by atoms with E-state index in [0.717, 1.165) is 32.1 Å². The van der Waals surface area contributed by atoms with Crippen LogP contribution in [0.3, 0.4) is 0 Å². The van der Waals surface area contributed by atoms with Gasteiger partial charge in [-0.05, 0) is 44.2 Å². The topological polar surface area (TPSA) is 118 Å². The molecule has 2 aromatic heterocycles. The van der Waals surface area contributed by atoms with Gasteiger partial charge in [-0.3, -0.25) is 0 Å². The van der Waals surface area contributed by atoms with Crippen LogP contribution in [0.4, 0.5) is 10.2 Å². The summed E-state index contributed by atoms with van der Waals surface area (Å²) in [6.07, 6.45) is 7.02. The highest BCUT2D eigenvalue weighted by Crippen LogP contribution is 2.40. The predicted octanol–water partition coefficient (Wildman–Crippen LogP) is 2.67. The number of piperidine rings is 1. The highest BCUT2D eigenvalue weighted by Gasteiger charge is 2.48. The molecule has 36 heavy (non-hydrogen) atoms. The van der Waals surface area contributed by atoms with E-state index in [2.05, 4.69) is 35.4 Å². The molecular formula is C25H26FN7O3. The molecule has 7 rings (SSSR count). The summed E-state index contributed by atoms with van der Waals surface area (Å²) in [4.78, 5) is 15.3. The number of phenolic OH excluding ortho intramolecular Hbond substituents is 1. The van der Waals surface area contributed by atoms with Crippen molar-refractivity contribution in [1.82, 2.24) is 30.5 Å². The van der Waals surface area contributed by atoms with Gasteiger partial charge in [0.1, 0.15) is 25.1 Å². The Bertz CT molecular complexity index is 1290. The molecule has 0 unspecified atom stereocenters. The molecular weight excluding hydrogens is 465 g/mol. The van der Waals surface area contributed by atoms with Crippen LogP contribution < -0.4 is 19.7 Å². The standard InChI is InChI=1S/C25H26FN7O3/c26-22-17-6-2-14(29-17)10-19(22)33(15-3-4-15)21-12-27-23(32-31-21)16-5-1-13(9-20(16)34)18-11-28-24-25(30-18)36-8-7-35-24/h1,5,9,11-12,14-15,17,19,22,29,34H,2-4,6-8,10H2/t14-,17-,19-,22+/m0/s1. The van der Waals surface area contributed by atoms with Gasteiger partial charge in [0, 0.05) is 23.7 Å². The van der Waals surface area contributed by atoms with Gasteiger partial charge in [0.25, 0.3) is 11.8 Å². The molecule has 2 saturated heterocycles. The zero-order valence-electron chi connectivity index (χ0n) is 19.5. The number of alkyl halides is 1. The van der Waals surface area contributed by atoms with E-state index in [4.69, 9.17) is 9.47 Å². The Balaban J connectivity index is 1.14. The van der Waals surface area contributed by atoms with Gasteiger partial charge < -0.3 is 24.8 Å². The average molecular weight is 492 g/mol. The number of rotatable bonds is 5. The summed E-state index contributed by atoms with van der Waals surface area (Å²) in [5.41, 5.74) is 1.66. The SMILES string of the molecule is Oc1cc(-c2cnc3c(n2)OCCO3)ccc1-c1ncc(N(C2CC2)[C@H]2C[C@@H]3CC[C@H](N3)[C@H]2F)nn1. The first-order valence-corrected chi connectivity index (χ1v) is 12.5. The lowest BCUT2D eigenvalue weighted by Gasteiger charge is -2.40. The molecule has 5 heterocycles. The highest BCUT2D eigenvalue weighted by atomic mass is 19.1. The first kappa shape index (κ1) is 21.7. The van der Waals surface area contributed by atoms with Crippen molar-refractivity contribution in [1.29, 1.82) is 0 Å². The number of ether oxygens (including phenoxy) is 2. The maximum atomic E-state index is 15.3. The number of nitrogens with zero attached hydrogens (tertiary/aromatic N) is 6. The van der Waals surface area contributed by atoms with Crippen molar-refractivity contribution in [3.8, 4) is 40.2 Å². The maximum Gasteiger partial charge on any atom is 0.278 e. The smallest absolute Gasteiger partial charge is 0.278 e. The van der Waals surface area contributed by atoms with E-state index in [0.29, 0.717) is 59.5 Å². The molecule has 0 spiro atoms. The van der Waals surface area contributed by atoms with Crippen LogP contribution in [-0.4, -0.2) is 73.8 Å². The molecule has 3 fully saturated rings. The van der Waals surface area contributed by atoms with E-state index in [-0.39, 0.29) is 23.9 Å². The largest absolute Gasteiger partial charge is 0.507 e. The van der Waals surface area contributed by atoms with Crippen LogP contribution in [0.1, 0.15) is 32.1 Å². The summed E-state index contributed by atoms with van der Waals surface area (Å²) in [6, 6.07) is 5.47. The summed E-state index contributed by atoms with van der Waals surface area (Å²) >= 11 is 0. The number of anilines is 1. The quantitative estimate of drug-likeness (QED) is 0.551. The fourth-order valence-electron chi connectivity index (χ4n) is 5.59. The van der Waals surface area contributed by atoms with E-state index < -0.39 is 6.17 Å². The summed E-state index contributed by atoms with van der Waals surface area (Å²) in [6.45, 7) is 0.855. The first-order chi connectivity index (χ1) is 17.6. The molecule has 1 saturated carbocycles. The van der Waals surface area contributed by atoms with Crippen molar-refractivity contribution in [3.63, 3.8) is 0 Å². The number of aromatic nitrogens is 5. The van der Waals surface area contributed by atoms with Gasteiger partial charge in [0.2, 0.25) is 0 Å². The van der Waals surface area contributed by atoms with Crippen molar-refractivity contribution in [2.75, 3.05) is 18.1 Å². The number of hydrogen-bond donors (Lipinski definition) is 2. The van der Waals surface area contributed by atoms with Crippen molar-refractivity contribution in [2.45, 2.75) is 62.4 Å². The second-order valence-electron chi connectivity index (χ2n) is 9.87. The van der Waals surface area contributed by atoms with Gasteiger partial charge in [-0.15, -0.1) is 10.2 Å². The normalized spacial score (nSPS) is 26.6. The zero-order valence-corrected chi connectivity index (χ0v) is 19.5. The lowest BCUT2D eigenvalue weighted by Crippen LogP contribution is -2.57. The molecule has 4 atom stereocenters. The van der Waals surface area contributed by atoms with Gasteiger partial charge in [-0.1, -0.05) is 6.07 Å². The lowest BCUT2D eigenvalue weighted by molar-refractivity contribution is 0.157. The van der Waals surface area contributed by atoms with Crippen molar-refractivity contribution in [2.24, 2.45) is 0 Å². The summed E-state index contributed by atoms with van der Waals surface area (Å²) in [5, 5.41) is 22.9. The number of phenols is 1. The Labute approximate surface area is 206 Å². The van der Waals surface area contributed by atoms with Crippen LogP contribution >= 0.6 is 0 Å². The minimum Gasteiger partial charge on any atom is -0.507 e. The number of nitrogens with one attached hydrogen (secondary N) is 1. The van der Waals surface area contributed by atoms with Gasteiger partial charge in [0.05, 0.1) is 29.7 Å². The van der Waals surface area contributed by atoms with E-state index in [1.165, 1.54) is 0 Å². The van der Waals surface area contributed by atoms with E-state index >= 15 is 4.39 Å². The van der Waals surface area contributed by atoms with Crippen LogP contribution in [0.2, 0.25) is 0 Å². The highest BCUT2D eigenvalue weighted by molar-refractivity contribution is 5.71. The van der Waals surface area contributed by atoms with Gasteiger partial charge in [-0.25, -0.2) is 19.3 Å². The summed E-state index contributed by atoms with van der Waals surface area (Å²) < 4.78 is 26.2. The molecule has 11 heteroatoms. The molecule has 3 aromatic rings. The number of halogens is 1. The number of aromatic hydroxyl groups is 1. The number of benzene rings is 1. The van der Waals surface area contributed by atoms with Crippen LogP contribution in [0.15, 0.2) is 30.6 Å². The van der Waals surface area contributed by atoms with Crippen LogP contribution in [0.5, 0.6) is 17.5 Å². The van der Waals surface area contributed by atoms with Gasteiger partial charge in [0.15, 0.2) is 11.6 Å². The van der Waals surface area contributed by atoms with Crippen LogP contribution in [-0.2, 0) is 0 Å². The third-order valence-electron chi connectivity index (χ3n) is 7.47. The van der Waals surface area contributed by atoms with E-state index in [9.17, 15) is 5.11 Å². The minimum atomic E-state index is -0.939. The second kappa shape index (κ2) is 8.51. The third-order valence-corrected chi connectivity index (χ3v) is 7.47. The lowest BCUT2D eigenvalue weighted by atomic mass is 9.96. The molecule has 2 bridgehead atoms. The van der Waals surface area contributed by atoms with Crippen molar-refractivity contribution >= 4 is 5.82 Å². The fraction of sp³-hybridized carbons (Fsp3) is 0.480.